The van der Waals surface area contributed by atoms with Crippen LogP contribution in [0.5, 0.6) is 11.5 Å². The van der Waals surface area contributed by atoms with Crippen LogP contribution in [0.4, 0.5) is 11.4 Å². The molecule has 28 heavy (non-hydrogen) atoms. The molecule has 4 N–H and O–H groups in total. The zero-order chi connectivity index (χ0) is 20.2. The monoisotopic (exact) mass is 384 g/mol. The van der Waals surface area contributed by atoms with Crippen LogP contribution in [0.15, 0.2) is 48.5 Å². The average Bonchev–Trinajstić information content (AvgIpc) is 2.67. The molecule has 0 bridgehead atoms. The van der Waals surface area contributed by atoms with Gasteiger partial charge in [0.15, 0.2) is 0 Å². The van der Waals surface area contributed by atoms with Crippen molar-refractivity contribution in [2.75, 3.05) is 11.5 Å². The average molecular weight is 384 g/mol. The molecule has 2 aromatic carbocycles. The summed E-state index contributed by atoms with van der Waals surface area (Å²) in [6, 6.07) is 13.6. The Balaban J connectivity index is 1.45. The summed E-state index contributed by atoms with van der Waals surface area (Å²) in [6.45, 7) is 0. The highest BCUT2D eigenvalue weighted by molar-refractivity contribution is 5.72. The predicted molar refractivity (Wildman–Crippen MR) is 110 cm³/mol. The number of hydrogen-bond donors (Lipinski definition) is 2. The van der Waals surface area contributed by atoms with Gasteiger partial charge in [-0.05, 0) is 61.4 Å². The van der Waals surface area contributed by atoms with Crippen molar-refractivity contribution < 1.29 is 19.1 Å². The lowest BCUT2D eigenvalue weighted by Gasteiger charge is -2.05. The molecule has 0 fully saturated rings. The second-order valence-electron chi connectivity index (χ2n) is 6.71. The summed E-state index contributed by atoms with van der Waals surface area (Å²) in [5.74, 6) is 0.584. The Morgan fingerprint density at radius 1 is 0.571 bits per heavy atom. The minimum Gasteiger partial charge on any atom is -0.427 e. The molecule has 0 atom stereocenters. The van der Waals surface area contributed by atoms with E-state index in [9.17, 15) is 9.59 Å². The first-order chi connectivity index (χ1) is 13.5. The molecule has 0 spiro atoms. The minimum atomic E-state index is -0.227. The van der Waals surface area contributed by atoms with E-state index in [4.69, 9.17) is 20.9 Å². The second kappa shape index (κ2) is 11.6. The second-order valence-corrected chi connectivity index (χ2v) is 6.71. The number of hydrogen-bond acceptors (Lipinski definition) is 6. The third-order valence-corrected chi connectivity index (χ3v) is 4.24. The molecule has 0 saturated heterocycles. The van der Waals surface area contributed by atoms with Crippen LogP contribution >= 0.6 is 0 Å². The van der Waals surface area contributed by atoms with E-state index in [1.807, 2.05) is 0 Å². The van der Waals surface area contributed by atoms with Crippen molar-refractivity contribution in [1.29, 1.82) is 0 Å². The van der Waals surface area contributed by atoms with Gasteiger partial charge in [0.2, 0.25) is 0 Å². The molecule has 2 rings (SSSR count). The van der Waals surface area contributed by atoms with Gasteiger partial charge in [-0.25, -0.2) is 0 Å². The Hall–Kier alpha value is -3.02. The van der Waals surface area contributed by atoms with Crippen LogP contribution in [0.2, 0.25) is 0 Å². The van der Waals surface area contributed by atoms with E-state index in [1.54, 1.807) is 48.5 Å². The van der Waals surface area contributed by atoms with Crippen molar-refractivity contribution in [2.45, 2.75) is 51.4 Å². The topological polar surface area (TPSA) is 105 Å². The molecule has 150 valence electrons. The highest BCUT2D eigenvalue weighted by Gasteiger charge is 2.06. The lowest BCUT2D eigenvalue weighted by molar-refractivity contribution is -0.135. The fourth-order valence-electron chi connectivity index (χ4n) is 2.68. The Morgan fingerprint density at radius 2 is 0.893 bits per heavy atom. The van der Waals surface area contributed by atoms with Gasteiger partial charge in [-0.15, -0.1) is 0 Å². The van der Waals surface area contributed by atoms with Gasteiger partial charge < -0.3 is 20.9 Å². The maximum atomic E-state index is 11.8. The van der Waals surface area contributed by atoms with Crippen molar-refractivity contribution in [3.05, 3.63) is 48.5 Å². The van der Waals surface area contributed by atoms with Crippen molar-refractivity contribution in [2.24, 2.45) is 0 Å². The van der Waals surface area contributed by atoms with Gasteiger partial charge in [0, 0.05) is 24.2 Å². The van der Waals surface area contributed by atoms with Gasteiger partial charge in [-0.1, -0.05) is 25.7 Å². The Morgan fingerprint density at radius 3 is 1.25 bits per heavy atom. The maximum Gasteiger partial charge on any atom is 0.311 e. The van der Waals surface area contributed by atoms with Crippen LogP contribution < -0.4 is 20.9 Å². The van der Waals surface area contributed by atoms with Crippen molar-refractivity contribution in [1.82, 2.24) is 0 Å². The van der Waals surface area contributed by atoms with Crippen LogP contribution in [0.3, 0.4) is 0 Å². The zero-order valence-electron chi connectivity index (χ0n) is 16.1. The van der Waals surface area contributed by atoms with Crippen molar-refractivity contribution in [3.63, 3.8) is 0 Å². The lowest BCUT2D eigenvalue weighted by Crippen LogP contribution is -2.07. The molecule has 0 aliphatic rings. The summed E-state index contributed by atoms with van der Waals surface area (Å²) in [5.41, 5.74) is 12.5. The molecular formula is C22H28N2O4. The lowest BCUT2D eigenvalue weighted by atomic mass is 10.1. The molecule has 0 aliphatic carbocycles. The van der Waals surface area contributed by atoms with Gasteiger partial charge in [0.1, 0.15) is 11.5 Å². The zero-order valence-corrected chi connectivity index (χ0v) is 16.1. The van der Waals surface area contributed by atoms with E-state index in [1.165, 1.54) is 0 Å². The van der Waals surface area contributed by atoms with Gasteiger partial charge in [0.05, 0.1) is 0 Å². The van der Waals surface area contributed by atoms with E-state index in [2.05, 4.69) is 0 Å². The number of esters is 2. The number of carbonyl (C=O) groups is 2. The Bertz CT molecular complexity index is 677. The normalized spacial score (nSPS) is 10.4. The summed E-state index contributed by atoms with van der Waals surface area (Å²) in [5, 5.41) is 0. The highest BCUT2D eigenvalue weighted by atomic mass is 16.5. The van der Waals surface area contributed by atoms with E-state index >= 15 is 0 Å². The SMILES string of the molecule is Nc1ccc(OC(=O)CCCCCCCCC(=O)Oc2ccc(N)cc2)cc1. The number of nitrogen functional groups attached to an aromatic ring is 2. The van der Waals surface area contributed by atoms with E-state index < -0.39 is 0 Å². The first-order valence-electron chi connectivity index (χ1n) is 9.65. The molecular weight excluding hydrogens is 356 g/mol. The van der Waals surface area contributed by atoms with Gasteiger partial charge in [-0.3, -0.25) is 9.59 Å². The van der Waals surface area contributed by atoms with E-state index in [-0.39, 0.29) is 11.9 Å². The van der Waals surface area contributed by atoms with Crippen LogP contribution in [-0.4, -0.2) is 11.9 Å². The molecule has 6 heteroatoms. The molecule has 0 aromatic heterocycles. The number of nitrogens with two attached hydrogens (primary N) is 2. The Labute approximate surface area is 165 Å². The molecule has 2 aromatic rings. The smallest absolute Gasteiger partial charge is 0.311 e. The third-order valence-electron chi connectivity index (χ3n) is 4.24. The molecule has 0 unspecified atom stereocenters. The van der Waals surface area contributed by atoms with E-state index in [0.29, 0.717) is 35.7 Å². The number of benzene rings is 2. The van der Waals surface area contributed by atoms with Crippen LogP contribution in [0.25, 0.3) is 0 Å². The van der Waals surface area contributed by atoms with Crippen LogP contribution in [-0.2, 0) is 9.59 Å². The summed E-state index contributed by atoms with van der Waals surface area (Å²) in [7, 11) is 0. The first kappa shape index (κ1) is 21.3. The first-order valence-corrected chi connectivity index (χ1v) is 9.65. The van der Waals surface area contributed by atoms with E-state index in [0.717, 1.165) is 38.5 Å². The van der Waals surface area contributed by atoms with Gasteiger partial charge >= 0.3 is 11.9 Å². The number of unbranched alkanes of at least 4 members (excludes halogenated alkanes) is 5. The maximum absolute atomic E-state index is 11.8. The van der Waals surface area contributed by atoms with Crippen molar-refractivity contribution in [3.8, 4) is 11.5 Å². The highest BCUT2D eigenvalue weighted by Crippen LogP contribution is 2.16. The molecule has 0 amide bonds. The summed E-state index contributed by atoms with van der Waals surface area (Å²) < 4.78 is 10.5. The molecule has 0 radical (unpaired) electrons. The van der Waals surface area contributed by atoms with Crippen LogP contribution in [0.1, 0.15) is 51.4 Å². The quantitative estimate of drug-likeness (QED) is 0.256. The van der Waals surface area contributed by atoms with Crippen LogP contribution in [0, 0.1) is 0 Å². The van der Waals surface area contributed by atoms with Crippen molar-refractivity contribution >= 4 is 23.3 Å². The number of ether oxygens (including phenoxy) is 2. The molecule has 0 aliphatic heterocycles. The predicted octanol–water partition coefficient (Wildman–Crippen LogP) is 4.48. The number of anilines is 2. The molecule has 6 nitrogen and oxygen atoms in total. The van der Waals surface area contributed by atoms with Gasteiger partial charge in [0.25, 0.3) is 0 Å². The summed E-state index contributed by atoms with van der Waals surface area (Å²) in [4.78, 5) is 23.5. The fraction of sp³-hybridized carbons (Fsp3) is 0.364. The standard InChI is InChI=1S/C22H28N2O4/c23-17-9-13-19(14-10-17)27-21(25)7-5-3-1-2-4-6-8-22(26)28-20-15-11-18(24)12-16-20/h9-16H,1-8,23-24H2. The fourth-order valence-corrected chi connectivity index (χ4v) is 2.68. The molecule has 0 heterocycles. The van der Waals surface area contributed by atoms with Gasteiger partial charge in [-0.2, -0.15) is 0 Å². The summed E-state index contributed by atoms with van der Waals surface area (Å²) in [6.07, 6.45) is 6.39. The number of carbonyl (C=O) groups excluding carboxylic acids is 2. The third kappa shape index (κ3) is 8.58. The molecule has 0 saturated carbocycles. The Kier molecular flexibility index (Phi) is 8.85. The minimum absolute atomic E-state index is 0.227. The number of rotatable bonds is 11. The summed E-state index contributed by atoms with van der Waals surface area (Å²) >= 11 is 0. The largest absolute Gasteiger partial charge is 0.427 e.